The van der Waals surface area contributed by atoms with Gasteiger partial charge in [0.2, 0.25) is 0 Å². The number of phenolic OH excluding ortho intramolecular Hbond substituents is 1. The van der Waals surface area contributed by atoms with Crippen molar-refractivity contribution in [2.75, 3.05) is 5.32 Å². The van der Waals surface area contributed by atoms with E-state index < -0.39 is 11.8 Å². The molecule has 0 aliphatic heterocycles. The molecule has 0 saturated carbocycles. The lowest BCUT2D eigenvalue weighted by Crippen LogP contribution is -2.32. The number of phenols is 1. The predicted octanol–water partition coefficient (Wildman–Crippen LogP) is 2.24. The highest BCUT2D eigenvalue weighted by molar-refractivity contribution is 9.10. The van der Waals surface area contributed by atoms with Crippen molar-refractivity contribution in [1.82, 2.24) is 5.43 Å². The highest BCUT2D eigenvalue weighted by Crippen LogP contribution is 2.15. The number of hydrogen-bond donors (Lipinski definition) is 3. The molecule has 2 amide bonds. The Balaban J connectivity index is 1.90. The summed E-state index contributed by atoms with van der Waals surface area (Å²) < 4.78 is 0.785. The fraction of sp³-hybridized carbons (Fsp3) is 0. The Hall–Kier alpha value is -2.67. The average molecular weight is 362 g/mol. The standard InChI is InChI=1S/C15H12BrN3O3/c16-11-4-2-5-12(8-11)18-14(21)15(22)19-17-9-10-3-1-6-13(20)7-10/h1-9,20H,(H,18,21)(H,19,22)/b17-9-. The molecule has 0 aliphatic rings. The third-order valence-corrected chi connectivity index (χ3v) is 3.03. The Kier molecular flexibility index (Phi) is 5.26. The van der Waals surface area contributed by atoms with E-state index in [2.05, 4.69) is 31.8 Å². The zero-order chi connectivity index (χ0) is 15.9. The normalized spacial score (nSPS) is 10.4. The maximum absolute atomic E-state index is 11.7. The zero-order valence-corrected chi connectivity index (χ0v) is 12.9. The summed E-state index contributed by atoms with van der Waals surface area (Å²) in [7, 11) is 0. The molecule has 0 unspecified atom stereocenters. The fourth-order valence-corrected chi connectivity index (χ4v) is 1.97. The summed E-state index contributed by atoms with van der Waals surface area (Å²) in [6, 6.07) is 13.2. The molecule has 0 fully saturated rings. The van der Waals surface area contributed by atoms with E-state index in [4.69, 9.17) is 0 Å². The first kappa shape index (κ1) is 15.7. The van der Waals surface area contributed by atoms with Crippen LogP contribution in [0.5, 0.6) is 5.75 Å². The first-order chi connectivity index (χ1) is 10.5. The summed E-state index contributed by atoms with van der Waals surface area (Å²) in [5.41, 5.74) is 3.19. The Morgan fingerprint density at radius 2 is 1.86 bits per heavy atom. The average Bonchev–Trinajstić information content (AvgIpc) is 2.47. The van der Waals surface area contributed by atoms with E-state index in [0.717, 1.165) is 4.47 Å². The Morgan fingerprint density at radius 3 is 2.59 bits per heavy atom. The van der Waals surface area contributed by atoms with Crippen molar-refractivity contribution >= 4 is 39.6 Å². The number of aromatic hydroxyl groups is 1. The molecule has 0 aromatic heterocycles. The van der Waals surface area contributed by atoms with Gasteiger partial charge in [-0.15, -0.1) is 0 Å². The van der Waals surface area contributed by atoms with Crippen molar-refractivity contribution in [2.24, 2.45) is 5.10 Å². The van der Waals surface area contributed by atoms with Gasteiger partial charge in [0.1, 0.15) is 5.75 Å². The van der Waals surface area contributed by atoms with Crippen LogP contribution in [0.25, 0.3) is 0 Å². The molecule has 6 nitrogen and oxygen atoms in total. The van der Waals surface area contributed by atoms with Gasteiger partial charge in [-0.25, -0.2) is 5.43 Å². The van der Waals surface area contributed by atoms with Crippen molar-refractivity contribution in [3.8, 4) is 5.75 Å². The van der Waals surface area contributed by atoms with Gasteiger partial charge in [0.25, 0.3) is 0 Å². The van der Waals surface area contributed by atoms with Crippen molar-refractivity contribution in [1.29, 1.82) is 0 Å². The zero-order valence-electron chi connectivity index (χ0n) is 11.3. The molecule has 22 heavy (non-hydrogen) atoms. The number of anilines is 1. The molecule has 0 spiro atoms. The molecule has 2 aromatic rings. The number of benzene rings is 2. The number of nitrogens with zero attached hydrogens (tertiary/aromatic N) is 1. The van der Waals surface area contributed by atoms with E-state index in [1.807, 2.05) is 0 Å². The molecule has 0 aliphatic carbocycles. The quantitative estimate of drug-likeness (QED) is 0.444. The number of hydrazone groups is 1. The van der Waals surface area contributed by atoms with Gasteiger partial charge in [0.05, 0.1) is 6.21 Å². The van der Waals surface area contributed by atoms with E-state index in [1.54, 1.807) is 36.4 Å². The van der Waals surface area contributed by atoms with Crippen LogP contribution in [0.15, 0.2) is 58.1 Å². The maximum Gasteiger partial charge on any atom is 0.329 e. The smallest absolute Gasteiger partial charge is 0.329 e. The van der Waals surface area contributed by atoms with Crippen molar-refractivity contribution in [2.45, 2.75) is 0 Å². The number of hydrogen-bond acceptors (Lipinski definition) is 4. The second-order valence-electron chi connectivity index (χ2n) is 4.26. The van der Waals surface area contributed by atoms with Crippen LogP contribution in [0.1, 0.15) is 5.56 Å². The van der Waals surface area contributed by atoms with E-state index >= 15 is 0 Å². The van der Waals surface area contributed by atoms with Gasteiger partial charge in [-0.3, -0.25) is 9.59 Å². The summed E-state index contributed by atoms with van der Waals surface area (Å²) >= 11 is 3.27. The van der Waals surface area contributed by atoms with Gasteiger partial charge in [0, 0.05) is 10.2 Å². The molecule has 3 N–H and O–H groups in total. The summed E-state index contributed by atoms with van der Waals surface area (Å²) in [5.74, 6) is -1.63. The molecule has 0 atom stereocenters. The predicted molar refractivity (Wildman–Crippen MR) is 86.6 cm³/mol. The van der Waals surface area contributed by atoms with Crippen LogP contribution in [0.4, 0.5) is 5.69 Å². The number of carbonyl (C=O) groups is 2. The molecular formula is C15H12BrN3O3. The topological polar surface area (TPSA) is 90.8 Å². The number of carbonyl (C=O) groups excluding carboxylic acids is 2. The minimum Gasteiger partial charge on any atom is -0.508 e. The van der Waals surface area contributed by atoms with Gasteiger partial charge in [0.15, 0.2) is 0 Å². The van der Waals surface area contributed by atoms with Crippen molar-refractivity contribution in [3.05, 3.63) is 58.6 Å². The van der Waals surface area contributed by atoms with Crippen molar-refractivity contribution < 1.29 is 14.7 Å². The SMILES string of the molecule is O=C(N/N=C\c1cccc(O)c1)C(=O)Nc1cccc(Br)c1. The largest absolute Gasteiger partial charge is 0.508 e. The Bertz CT molecular complexity index is 731. The number of rotatable bonds is 3. The van der Waals surface area contributed by atoms with Crippen LogP contribution in [0.2, 0.25) is 0 Å². The number of amides is 2. The van der Waals surface area contributed by atoms with Crippen LogP contribution >= 0.6 is 15.9 Å². The fourth-order valence-electron chi connectivity index (χ4n) is 1.58. The van der Waals surface area contributed by atoms with Crippen LogP contribution in [0, 0.1) is 0 Å². The van der Waals surface area contributed by atoms with E-state index in [9.17, 15) is 14.7 Å². The Morgan fingerprint density at radius 1 is 1.09 bits per heavy atom. The minimum atomic E-state index is -0.892. The molecular weight excluding hydrogens is 350 g/mol. The second-order valence-corrected chi connectivity index (χ2v) is 5.17. The highest BCUT2D eigenvalue weighted by Gasteiger charge is 2.12. The lowest BCUT2D eigenvalue weighted by molar-refractivity contribution is -0.136. The monoisotopic (exact) mass is 361 g/mol. The van der Waals surface area contributed by atoms with Gasteiger partial charge in [-0.2, -0.15) is 5.10 Å². The lowest BCUT2D eigenvalue weighted by Gasteiger charge is -2.04. The first-order valence-corrected chi connectivity index (χ1v) is 7.03. The van der Waals surface area contributed by atoms with E-state index in [1.165, 1.54) is 18.3 Å². The maximum atomic E-state index is 11.7. The summed E-state index contributed by atoms with van der Waals surface area (Å²) in [6.45, 7) is 0. The van der Waals surface area contributed by atoms with Crippen LogP contribution < -0.4 is 10.7 Å². The molecule has 112 valence electrons. The van der Waals surface area contributed by atoms with Crippen LogP contribution in [0.3, 0.4) is 0 Å². The van der Waals surface area contributed by atoms with Crippen LogP contribution in [-0.2, 0) is 9.59 Å². The molecule has 0 heterocycles. The van der Waals surface area contributed by atoms with Gasteiger partial charge in [-0.05, 0) is 35.9 Å². The molecule has 2 aromatic carbocycles. The molecule has 2 rings (SSSR count). The van der Waals surface area contributed by atoms with E-state index in [-0.39, 0.29) is 5.75 Å². The molecule has 7 heteroatoms. The van der Waals surface area contributed by atoms with Gasteiger partial charge >= 0.3 is 11.8 Å². The third kappa shape index (κ3) is 4.71. The van der Waals surface area contributed by atoms with Crippen LogP contribution in [-0.4, -0.2) is 23.1 Å². The minimum absolute atomic E-state index is 0.0858. The number of nitrogens with one attached hydrogen (secondary N) is 2. The number of halogens is 1. The van der Waals surface area contributed by atoms with Gasteiger partial charge in [-0.1, -0.05) is 34.1 Å². The van der Waals surface area contributed by atoms with E-state index in [0.29, 0.717) is 11.3 Å². The summed E-state index contributed by atoms with van der Waals surface area (Å²) in [4.78, 5) is 23.3. The molecule has 0 radical (unpaired) electrons. The third-order valence-electron chi connectivity index (χ3n) is 2.54. The molecule has 0 saturated heterocycles. The highest BCUT2D eigenvalue weighted by atomic mass is 79.9. The Labute approximate surface area is 135 Å². The van der Waals surface area contributed by atoms with Gasteiger partial charge < -0.3 is 10.4 Å². The summed E-state index contributed by atoms with van der Waals surface area (Å²) in [6.07, 6.45) is 1.32. The summed E-state index contributed by atoms with van der Waals surface area (Å²) in [5, 5.41) is 15.4. The second kappa shape index (κ2) is 7.37. The first-order valence-electron chi connectivity index (χ1n) is 6.23. The van der Waals surface area contributed by atoms with Crippen molar-refractivity contribution in [3.63, 3.8) is 0 Å². The lowest BCUT2D eigenvalue weighted by atomic mass is 10.2. The molecule has 0 bridgehead atoms.